The Kier molecular flexibility index (Phi) is 3.30. The largest absolute Gasteiger partial charge is 0.330 e. The van der Waals surface area contributed by atoms with E-state index < -0.39 is 0 Å². The molecule has 1 atom stereocenters. The fourth-order valence-corrected chi connectivity index (χ4v) is 2.63. The maximum atomic E-state index is 5.75. The third-order valence-electron chi connectivity index (χ3n) is 3.90. The minimum absolute atomic E-state index is 0.598. The lowest BCUT2D eigenvalue weighted by Crippen LogP contribution is -2.23. The number of rotatable bonds is 2. The van der Waals surface area contributed by atoms with Crippen LogP contribution in [0.15, 0.2) is 30.5 Å². The van der Waals surface area contributed by atoms with Gasteiger partial charge in [-0.2, -0.15) is 0 Å². The van der Waals surface area contributed by atoms with Crippen molar-refractivity contribution in [3.63, 3.8) is 0 Å². The molecule has 3 heteroatoms. The van der Waals surface area contributed by atoms with Gasteiger partial charge in [-0.05, 0) is 44.2 Å². The molecule has 0 spiro atoms. The smallest absolute Gasteiger partial charge is 0.159 e. The van der Waals surface area contributed by atoms with Gasteiger partial charge in [0.25, 0.3) is 0 Å². The van der Waals surface area contributed by atoms with E-state index >= 15 is 0 Å². The van der Waals surface area contributed by atoms with E-state index in [-0.39, 0.29) is 0 Å². The summed E-state index contributed by atoms with van der Waals surface area (Å²) in [7, 11) is 0. The number of hydrogen-bond donors (Lipinski definition) is 1. The zero-order valence-electron chi connectivity index (χ0n) is 11.3. The van der Waals surface area contributed by atoms with Crippen molar-refractivity contribution >= 4 is 0 Å². The van der Waals surface area contributed by atoms with E-state index in [1.165, 1.54) is 16.8 Å². The fourth-order valence-electron chi connectivity index (χ4n) is 2.63. The van der Waals surface area contributed by atoms with Crippen molar-refractivity contribution in [1.29, 1.82) is 0 Å². The molecule has 2 aromatic rings. The molecule has 0 fully saturated rings. The number of hydrogen-bond acceptors (Lipinski definition) is 3. The van der Waals surface area contributed by atoms with Crippen LogP contribution in [-0.4, -0.2) is 16.5 Å². The van der Waals surface area contributed by atoms with Crippen molar-refractivity contribution in [2.45, 2.75) is 26.2 Å². The molecule has 1 aromatic carbocycles. The Morgan fingerprint density at radius 2 is 2.05 bits per heavy atom. The molecule has 1 aromatic heterocycles. The summed E-state index contributed by atoms with van der Waals surface area (Å²) in [5.74, 6) is 1.44. The van der Waals surface area contributed by atoms with Crippen molar-refractivity contribution in [1.82, 2.24) is 9.97 Å². The normalized spacial score (nSPS) is 18.1. The van der Waals surface area contributed by atoms with Crippen LogP contribution in [-0.2, 0) is 12.8 Å². The molecule has 3 nitrogen and oxygen atoms in total. The summed E-state index contributed by atoms with van der Waals surface area (Å²) >= 11 is 0. The van der Waals surface area contributed by atoms with Crippen LogP contribution in [0.2, 0.25) is 0 Å². The van der Waals surface area contributed by atoms with Crippen molar-refractivity contribution in [3.05, 3.63) is 47.3 Å². The number of nitrogens with two attached hydrogens (primary N) is 1. The van der Waals surface area contributed by atoms with Gasteiger partial charge in [0.05, 0.1) is 0 Å². The molecule has 1 heterocycles. The lowest BCUT2D eigenvalue weighted by atomic mass is 9.87. The van der Waals surface area contributed by atoms with Crippen LogP contribution in [0.3, 0.4) is 0 Å². The summed E-state index contributed by atoms with van der Waals surface area (Å²) < 4.78 is 0. The van der Waals surface area contributed by atoms with E-state index in [1.807, 2.05) is 6.20 Å². The highest BCUT2D eigenvalue weighted by Crippen LogP contribution is 2.25. The number of aryl methyl sites for hydroxylation is 2. The maximum Gasteiger partial charge on any atom is 0.159 e. The molecule has 1 aliphatic carbocycles. The Balaban J connectivity index is 1.92. The van der Waals surface area contributed by atoms with Crippen LogP contribution < -0.4 is 5.73 Å². The molecular weight excluding hydrogens is 234 g/mol. The van der Waals surface area contributed by atoms with Crippen LogP contribution in [0.5, 0.6) is 0 Å². The summed E-state index contributed by atoms with van der Waals surface area (Å²) in [6.07, 6.45) is 5.19. The van der Waals surface area contributed by atoms with Crippen molar-refractivity contribution in [3.8, 4) is 11.4 Å². The molecule has 0 aliphatic heterocycles. The number of aromatic nitrogens is 2. The molecule has 0 saturated carbocycles. The summed E-state index contributed by atoms with van der Waals surface area (Å²) in [5.41, 5.74) is 10.6. The van der Waals surface area contributed by atoms with Gasteiger partial charge in [0.15, 0.2) is 5.82 Å². The van der Waals surface area contributed by atoms with Crippen molar-refractivity contribution < 1.29 is 0 Å². The average molecular weight is 253 g/mol. The minimum Gasteiger partial charge on any atom is -0.330 e. The summed E-state index contributed by atoms with van der Waals surface area (Å²) in [6, 6.07) is 8.37. The Hall–Kier alpha value is -1.74. The monoisotopic (exact) mass is 253 g/mol. The second-order valence-electron chi connectivity index (χ2n) is 5.38. The zero-order chi connectivity index (χ0) is 13.2. The first-order chi connectivity index (χ1) is 9.26. The summed E-state index contributed by atoms with van der Waals surface area (Å²) in [4.78, 5) is 9.24. The molecule has 0 bridgehead atoms. The number of nitrogens with zero attached hydrogens (tertiary/aromatic N) is 2. The lowest BCUT2D eigenvalue weighted by Gasteiger charge is -2.22. The van der Waals surface area contributed by atoms with Gasteiger partial charge in [-0.3, -0.25) is 0 Å². The van der Waals surface area contributed by atoms with E-state index in [4.69, 9.17) is 10.7 Å². The quantitative estimate of drug-likeness (QED) is 0.894. The minimum atomic E-state index is 0.598. The van der Waals surface area contributed by atoms with Crippen molar-refractivity contribution in [2.24, 2.45) is 11.7 Å². The molecule has 3 rings (SSSR count). The molecule has 1 aliphatic rings. The Bertz CT molecular complexity index is 575. The highest BCUT2D eigenvalue weighted by Gasteiger charge is 2.19. The van der Waals surface area contributed by atoms with Crippen LogP contribution in [0, 0.1) is 12.8 Å². The van der Waals surface area contributed by atoms with Gasteiger partial charge < -0.3 is 5.73 Å². The first kappa shape index (κ1) is 12.3. The first-order valence-corrected chi connectivity index (χ1v) is 6.88. The molecule has 0 radical (unpaired) electrons. The molecule has 0 amide bonds. The second kappa shape index (κ2) is 5.10. The van der Waals surface area contributed by atoms with E-state index in [0.29, 0.717) is 5.92 Å². The predicted molar refractivity (Wildman–Crippen MR) is 76.8 cm³/mol. The van der Waals surface area contributed by atoms with Crippen molar-refractivity contribution in [2.75, 3.05) is 6.54 Å². The van der Waals surface area contributed by atoms with E-state index in [9.17, 15) is 0 Å². The van der Waals surface area contributed by atoms with E-state index in [0.717, 1.165) is 37.2 Å². The van der Waals surface area contributed by atoms with Gasteiger partial charge in [0.2, 0.25) is 0 Å². The van der Waals surface area contributed by atoms with Crippen LogP contribution in [0.1, 0.15) is 23.2 Å². The second-order valence-corrected chi connectivity index (χ2v) is 5.38. The number of fused-ring (bicyclic) bond motifs is 1. The standard InChI is InChI=1S/C16H19N3/c1-11-2-5-13(6-3-11)16-18-10-14-8-12(9-17)4-7-15(14)19-16/h2-3,5-6,10,12H,4,7-9,17H2,1H3. The summed E-state index contributed by atoms with van der Waals surface area (Å²) in [5, 5.41) is 0. The highest BCUT2D eigenvalue weighted by molar-refractivity contribution is 5.55. The van der Waals surface area contributed by atoms with Gasteiger partial charge in [0, 0.05) is 17.5 Å². The zero-order valence-corrected chi connectivity index (χ0v) is 11.3. The van der Waals surface area contributed by atoms with Gasteiger partial charge in [-0.1, -0.05) is 29.8 Å². The Labute approximate surface area is 113 Å². The fraction of sp³-hybridized carbons (Fsp3) is 0.375. The summed E-state index contributed by atoms with van der Waals surface area (Å²) in [6.45, 7) is 2.85. The molecule has 1 unspecified atom stereocenters. The topological polar surface area (TPSA) is 51.8 Å². The van der Waals surface area contributed by atoms with Crippen LogP contribution in [0.25, 0.3) is 11.4 Å². The Morgan fingerprint density at radius 3 is 2.79 bits per heavy atom. The van der Waals surface area contributed by atoms with E-state index in [2.05, 4.69) is 36.2 Å². The third-order valence-corrected chi connectivity index (χ3v) is 3.90. The molecule has 98 valence electrons. The van der Waals surface area contributed by atoms with Gasteiger partial charge >= 0.3 is 0 Å². The van der Waals surface area contributed by atoms with Gasteiger partial charge in [-0.15, -0.1) is 0 Å². The maximum absolute atomic E-state index is 5.75. The molecule has 0 saturated heterocycles. The lowest BCUT2D eigenvalue weighted by molar-refractivity contribution is 0.462. The molecule has 19 heavy (non-hydrogen) atoms. The van der Waals surface area contributed by atoms with Crippen LogP contribution >= 0.6 is 0 Å². The van der Waals surface area contributed by atoms with E-state index in [1.54, 1.807) is 0 Å². The molecule has 2 N–H and O–H groups in total. The van der Waals surface area contributed by atoms with Gasteiger partial charge in [-0.25, -0.2) is 9.97 Å². The third kappa shape index (κ3) is 2.51. The van der Waals surface area contributed by atoms with Gasteiger partial charge in [0.1, 0.15) is 0 Å². The number of benzene rings is 1. The SMILES string of the molecule is Cc1ccc(-c2ncc3c(n2)CCC(CN)C3)cc1. The highest BCUT2D eigenvalue weighted by atomic mass is 14.9. The Morgan fingerprint density at radius 1 is 1.26 bits per heavy atom. The predicted octanol–water partition coefficient (Wildman–Crippen LogP) is 2.52. The first-order valence-electron chi connectivity index (χ1n) is 6.88. The van der Waals surface area contributed by atoms with Crippen LogP contribution in [0.4, 0.5) is 0 Å². The molecular formula is C16H19N3. The average Bonchev–Trinajstić information content (AvgIpc) is 2.47.